The van der Waals surface area contributed by atoms with Crippen LogP contribution in [0.4, 0.5) is 0 Å². The Kier molecular flexibility index (Phi) is 2.64. The third kappa shape index (κ3) is 1.84. The number of hydrogen-bond donors (Lipinski definition) is 3. The van der Waals surface area contributed by atoms with Crippen molar-refractivity contribution in [3.63, 3.8) is 0 Å². The Morgan fingerprint density at radius 1 is 1.31 bits per heavy atom. The van der Waals surface area contributed by atoms with Crippen LogP contribution in [0, 0.1) is 11.8 Å². The van der Waals surface area contributed by atoms with Crippen LogP contribution < -0.4 is 10.6 Å². The van der Waals surface area contributed by atoms with Crippen LogP contribution in [0.25, 0.3) is 0 Å². The zero-order valence-electron chi connectivity index (χ0n) is 9.48. The highest BCUT2D eigenvalue weighted by Gasteiger charge is 2.42. The number of aliphatic hydroxyl groups is 1. The van der Waals surface area contributed by atoms with Crippen LogP contribution in [0.2, 0.25) is 0 Å². The summed E-state index contributed by atoms with van der Waals surface area (Å²) in [5.41, 5.74) is 0. The SMILES string of the molecule is O=C(NCC1CC(O)C1)C1CC2CCC1N2. The average molecular weight is 224 g/mol. The Balaban J connectivity index is 1.43. The smallest absolute Gasteiger partial charge is 0.224 e. The van der Waals surface area contributed by atoms with Crippen LogP contribution in [0.15, 0.2) is 0 Å². The molecule has 1 amide bonds. The first-order valence-corrected chi connectivity index (χ1v) is 6.44. The van der Waals surface area contributed by atoms with Gasteiger partial charge in [-0.2, -0.15) is 0 Å². The molecule has 90 valence electrons. The number of rotatable bonds is 3. The van der Waals surface area contributed by atoms with Crippen LogP contribution in [0.3, 0.4) is 0 Å². The number of carbonyl (C=O) groups excluding carboxylic acids is 1. The van der Waals surface area contributed by atoms with Gasteiger partial charge in [0.2, 0.25) is 5.91 Å². The van der Waals surface area contributed by atoms with E-state index in [1.807, 2.05) is 0 Å². The van der Waals surface area contributed by atoms with E-state index in [1.54, 1.807) is 0 Å². The first-order chi connectivity index (χ1) is 7.72. The highest BCUT2D eigenvalue weighted by Crippen LogP contribution is 2.33. The molecule has 0 spiro atoms. The van der Waals surface area contributed by atoms with Crippen molar-refractivity contribution in [3.8, 4) is 0 Å². The standard InChI is InChI=1S/C12H20N2O2/c15-9-3-7(4-9)6-13-12(16)10-5-8-1-2-11(10)14-8/h7-11,14-15H,1-6H2,(H,13,16). The monoisotopic (exact) mass is 224 g/mol. The van der Waals surface area contributed by atoms with Gasteiger partial charge in [-0.1, -0.05) is 0 Å². The summed E-state index contributed by atoms with van der Waals surface area (Å²) in [6.07, 6.45) is 5.01. The zero-order valence-corrected chi connectivity index (χ0v) is 9.48. The maximum atomic E-state index is 11.9. The second-order valence-electron chi connectivity index (χ2n) is 5.63. The maximum Gasteiger partial charge on any atom is 0.224 e. The fraction of sp³-hybridized carbons (Fsp3) is 0.917. The number of amides is 1. The molecule has 2 aliphatic heterocycles. The summed E-state index contributed by atoms with van der Waals surface area (Å²) < 4.78 is 0. The van der Waals surface area contributed by atoms with Crippen LogP contribution in [-0.2, 0) is 4.79 Å². The Labute approximate surface area is 95.8 Å². The van der Waals surface area contributed by atoms with Crippen molar-refractivity contribution in [2.24, 2.45) is 11.8 Å². The molecule has 1 saturated carbocycles. The van der Waals surface area contributed by atoms with Crippen molar-refractivity contribution in [2.75, 3.05) is 6.54 Å². The highest BCUT2D eigenvalue weighted by molar-refractivity contribution is 5.80. The lowest BCUT2D eigenvalue weighted by molar-refractivity contribution is -0.126. The van der Waals surface area contributed by atoms with Gasteiger partial charge in [-0.3, -0.25) is 4.79 Å². The summed E-state index contributed by atoms with van der Waals surface area (Å²) in [6, 6.07) is 1.02. The van der Waals surface area contributed by atoms with E-state index in [2.05, 4.69) is 10.6 Å². The third-order valence-corrected chi connectivity index (χ3v) is 4.41. The molecular weight excluding hydrogens is 204 g/mol. The molecule has 0 aromatic rings. The molecule has 2 heterocycles. The van der Waals surface area contributed by atoms with E-state index in [-0.39, 0.29) is 17.9 Å². The van der Waals surface area contributed by atoms with Crippen molar-refractivity contribution in [3.05, 3.63) is 0 Å². The van der Waals surface area contributed by atoms with E-state index >= 15 is 0 Å². The van der Waals surface area contributed by atoms with E-state index in [4.69, 9.17) is 5.11 Å². The molecule has 3 aliphatic rings. The summed E-state index contributed by atoms with van der Waals surface area (Å²) in [7, 11) is 0. The molecule has 0 aromatic carbocycles. The normalized spacial score (nSPS) is 45.4. The van der Waals surface area contributed by atoms with Gasteiger partial charge >= 0.3 is 0 Å². The van der Waals surface area contributed by atoms with Crippen molar-refractivity contribution >= 4 is 5.91 Å². The van der Waals surface area contributed by atoms with Crippen molar-refractivity contribution in [1.29, 1.82) is 0 Å². The van der Waals surface area contributed by atoms with Crippen LogP contribution in [0.5, 0.6) is 0 Å². The Morgan fingerprint density at radius 3 is 2.69 bits per heavy atom. The predicted octanol–water partition coefficient (Wildman–Crippen LogP) is 0.0140. The molecule has 2 saturated heterocycles. The number of hydrogen-bond acceptors (Lipinski definition) is 3. The molecule has 0 aromatic heterocycles. The zero-order chi connectivity index (χ0) is 11.1. The van der Waals surface area contributed by atoms with E-state index in [0.717, 1.165) is 32.2 Å². The summed E-state index contributed by atoms with van der Waals surface area (Å²) in [4.78, 5) is 11.9. The molecule has 4 nitrogen and oxygen atoms in total. The fourth-order valence-electron chi connectivity index (χ4n) is 3.36. The third-order valence-electron chi connectivity index (χ3n) is 4.41. The van der Waals surface area contributed by atoms with Gasteiger partial charge < -0.3 is 15.7 Å². The van der Waals surface area contributed by atoms with Gasteiger partial charge in [0, 0.05) is 18.6 Å². The Morgan fingerprint density at radius 2 is 2.12 bits per heavy atom. The minimum atomic E-state index is -0.119. The van der Waals surface area contributed by atoms with E-state index in [9.17, 15) is 4.79 Å². The van der Waals surface area contributed by atoms with Gasteiger partial charge in [-0.15, -0.1) is 0 Å². The van der Waals surface area contributed by atoms with Gasteiger partial charge in [-0.25, -0.2) is 0 Å². The minimum absolute atomic E-state index is 0.119. The Hall–Kier alpha value is -0.610. The summed E-state index contributed by atoms with van der Waals surface area (Å²) in [5.74, 6) is 0.926. The first kappa shape index (κ1) is 10.5. The first-order valence-electron chi connectivity index (χ1n) is 6.44. The molecule has 0 radical (unpaired) electrons. The lowest BCUT2D eigenvalue weighted by atomic mass is 9.82. The molecule has 16 heavy (non-hydrogen) atoms. The van der Waals surface area contributed by atoms with Crippen molar-refractivity contribution in [1.82, 2.24) is 10.6 Å². The minimum Gasteiger partial charge on any atom is -0.393 e. The maximum absolute atomic E-state index is 11.9. The fourth-order valence-corrected chi connectivity index (χ4v) is 3.36. The van der Waals surface area contributed by atoms with Crippen LogP contribution in [0.1, 0.15) is 32.1 Å². The quantitative estimate of drug-likeness (QED) is 0.633. The number of carbonyl (C=O) groups is 1. The van der Waals surface area contributed by atoms with E-state index in [1.165, 1.54) is 6.42 Å². The van der Waals surface area contributed by atoms with Crippen molar-refractivity contribution < 1.29 is 9.90 Å². The van der Waals surface area contributed by atoms with Gasteiger partial charge in [0.05, 0.1) is 12.0 Å². The second kappa shape index (κ2) is 4.00. The Bertz CT molecular complexity index is 289. The lowest BCUT2D eigenvalue weighted by Crippen LogP contribution is -2.43. The summed E-state index contributed by atoms with van der Waals surface area (Å²) >= 11 is 0. The second-order valence-corrected chi connectivity index (χ2v) is 5.63. The van der Waals surface area contributed by atoms with Gasteiger partial charge in [0.1, 0.15) is 0 Å². The molecule has 3 atom stereocenters. The van der Waals surface area contributed by atoms with Gasteiger partial charge in [0.15, 0.2) is 0 Å². The number of aliphatic hydroxyl groups excluding tert-OH is 1. The molecule has 3 rings (SSSR count). The summed E-state index contributed by atoms with van der Waals surface area (Å²) in [5, 5.41) is 15.7. The van der Waals surface area contributed by atoms with E-state index < -0.39 is 0 Å². The molecule has 4 heteroatoms. The molecular formula is C12H20N2O2. The summed E-state index contributed by atoms with van der Waals surface area (Å²) in [6.45, 7) is 0.754. The van der Waals surface area contributed by atoms with Gasteiger partial charge in [-0.05, 0) is 38.0 Å². The molecule has 3 N–H and O–H groups in total. The number of nitrogens with one attached hydrogen (secondary N) is 2. The largest absolute Gasteiger partial charge is 0.393 e. The number of fused-ring (bicyclic) bond motifs is 2. The van der Waals surface area contributed by atoms with Gasteiger partial charge in [0.25, 0.3) is 0 Å². The molecule has 3 fully saturated rings. The lowest BCUT2D eigenvalue weighted by Gasteiger charge is -2.32. The topological polar surface area (TPSA) is 61.4 Å². The molecule has 2 bridgehead atoms. The van der Waals surface area contributed by atoms with Crippen LogP contribution in [-0.4, -0.2) is 35.7 Å². The predicted molar refractivity (Wildman–Crippen MR) is 59.8 cm³/mol. The van der Waals surface area contributed by atoms with Crippen molar-refractivity contribution in [2.45, 2.75) is 50.3 Å². The average Bonchev–Trinajstić information content (AvgIpc) is 2.83. The highest BCUT2D eigenvalue weighted by atomic mass is 16.3. The van der Waals surface area contributed by atoms with E-state index in [0.29, 0.717) is 18.0 Å². The van der Waals surface area contributed by atoms with Crippen LogP contribution >= 0.6 is 0 Å². The molecule has 1 aliphatic carbocycles. The molecule has 3 unspecified atom stereocenters.